The average molecular weight is 371 g/mol. The van der Waals surface area contributed by atoms with E-state index in [2.05, 4.69) is 5.32 Å². The van der Waals surface area contributed by atoms with Crippen LogP contribution in [0.25, 0.3) is 6.08 Å². The molecule has 0 radical (unpaired) electrons. The molecule has 0 aromatic heterocycles. The summed E-state index contributed by atoms with van der Waals surface area (Å²) in [5.74, 6) is 1.05. The Hall–Kier alpha value is -3.17. The Morgan fingerprint density at radius 1 is 1.31 bits per heavy atom. The average Bonchev–Trinajstić information content (AvgIpc) is 2.66. The van der Waals surface area contributed by atoms with Gasteiger partial charge in [0.15, 0.2) is 11.5 Å². The number of amides is 1. The number of methoxy groups -OCH3 is 1. The Morgan fingerprint density at radius 3 is 2.85 bits per heavy atom. The molecule has 1 aliphatic rings. The van der Waals surface area contributed by atoms with E-state index < -0.39 is 5.91 Å². The maximum absolute atomic E-state index is 12.4. The number of carbonyl (C=O) groups excluding carboxylic acids is 1. The molecule has 132 valence electrons. The monoisotopic (exact) mass is 370 g/mol. The topological polar surface area (TPSA) is 80.6 Å². The number of nitrogens with one attached hydrogen (secondary N) is 1. The first kappa shape index (κ1) is 17.6. The second-order valence-electron chi connectivity index (χ2n) is 5.34. The van der Waals surface area contributed by atoms with Crippen molar-refractivity contribution < 1.29 is 19.0 Å². The number of carbonyl (C=O) groups is 1. The summed E-state index contributed by atoms with van der Waals surface area (Å²) < 4.78 is 16.2. The van der Waals surface area contributed by atoms with Gasteiger partial charge in [0, 0.05) is 11.3 Å². The van der Waals surface area contributed by atoms with E-state index in [0.717, 1.165) is 0 Å². The Morgan fingerprint density at radius 2 is 2.12 bits per heavy atom. The van der Waals surface area contributed by atoms with Gasteiger partial charge in [-0.2, -0.15) is 5.26 Å². The number of fused-ring (bicyclic) bond motifs is 1. The van der Waals surface area contributed by atoms with Crippen molar-refractivity contribution in [2.75, 3.05) is 25.6 Å². The standard InChI is InChI=1S/C19H15ClN2O4/c1-24-16-6-5-14(10-15(16)20)22-19(23)13(11-21)9-12-3-2-4-17-18(12)26-8-7-25-17/h2-6,9-10H,7-8H2,1H3,(H,22,23)/b13-9-. The van der Waals surface area contributed by atoms with Gasteiger partial charge < -0.3 is 19.5 Å². The van der Waals surface area contributed by atoms with E-state index in [1.54, 1.807) is 36.4 Å². The zero-order valence-corrected chi connectivity index (χ0v) is 14.7. The molecule has 1 heterocycles. The molecular formula is C19H15ClN2O4. The first-order valence-electron chi connectivity index (χ1n) is 7.77. The zero-order chi connectivity index (χ0) is 18.5. The number of hydrogen-bond acceptors (Lipinski definition) is 5. The van der Waals surface area contributed by atoms with E-state index in [4.69, 9.17) is 25.8 Å². The number of ether oxygens (including phenoxy) is 3. The summed E-state index contributed by atoms with van der Waals surface area (Å²) in [4.78, 5) is 12.4. The number of nitrogens with zero attached hydrogens (tertiary/aromatic N) is 1. The van der Waals surface area contributed by atoms with Gasteiger partial charge in [0.1, 0.15) is 30.6 Å². The smallest absolute Gasteiger partial charge is 0.266 e. The van der Waals surface area contributed by atoms with Crippen molar-refractivity contribution in [2.24, 2.45) is 0 Å². The summed E-state index contributed by atoms with van der Waals surface area (Å²) in [6.07, 6.45) is 1.47. The van der Waals surface area contributed by atoms with Gasteiger partial charge in [0.2, 0.25) is 0 Å². The van der Waals surface area contributed by atoms with Crippen LogP contribution < -0.4 is 19.5 Å². The van der Waals surface area contributed by atoms with Gasteiger partial charge in [0.05, 0.1) is 12.1 Å². The molecular weight excluding hydrogens is 356 g/mol. The molecule has 26 heavy (non-hydrogen) atoms. The molecule has 1 N–H and O–H groups in total. The number of nitriles is 1. The third kappa shape index (κ3) is 3.73. The van der Waals surface area contributed by atoms with Gasteiger partial charge in [-0.15, -0.1) is 0 Å². The highest BCUT2D eigenvalue weighted by atomic mass is 35.5. The van der Waals surface area contributed by atoms with Crippen LogP contribution in [0.15, 0.2) is 42.0 Å². The second-order valence-corrected chi connectivity index (χ2v) is 5.75. The molecule has 0 fully saturated rings. The second kappa shape index (κ2) is 7.81. The van der Waals surface area contributed by atoms with Gasteiger partial charge in [-0.3, -0.25) is 4.79 Å². The third-order valence-corrected chi connectivity index (χ3v) is 3.97. The summed E-state index contributed by atoms with van der Waals surface area (Å²) in [5.41, 5.74) is 0.984. The van der Waals surface area contributed by atoms with Crippen LogP contribution in [0.1, 0.15) is 5.56 Å². The van der Waals surface area contributed by atoms with Crippen molar-refractivity contribution in [3.63, 3.8) is 0 Å². The number of rotatable bonds is 4. The number of benzene rings is 2. The molecule has 7 heteroatoms. The maximum Gasteiger partial charge on any atom is 0.266 e. The van der Waals surface area contributed by atoms with Crippen LogP contribution in [0, 0.1) is 11.3 Å². The molecule has 2 aromatic rings. The Kier molecular flexibility index (Phi) is 5.30. The number of anilines is 1. The van der Waals surface area contributed by atoms with Crippen molar-refractivity contribution >= 4 is 29.3 Å². The molecule has 0 spiro atoms. The van der Waals surface area contributed by atoms with Crippen LogP contribution >= 0.6 is 11.6 Å². The van der Waals surface area contributed by atoms with Crippen LogP contribution in [0.3, 0.4) is 0 Å². The van der Waals surface area contributed by atoms with E-state index in [1.807, 2.05) is 6.07 Å². The highest BCUT2D eigenvalue weighted by Crippen LogP contribution is 2.35. The molecule has 0 unspecified atom stereocenters. The predicted octanol–water partition coefficient (Wildman–Crippen LogP) is 3.67. The highest BCUT2D eigenvalue weighted by Gasteiger charge is 2.17. The lowest BCUT2D eigenvalue weighted by molar-refractivity contribution is -0.112. The van der Waals surface area contributed by atoms with Crippen molar-refractivity contribution in [3.05, 3.63) is 52.6 Å². The van der Waals surface area contributed by atoms with Crippen molar-refractivity contribution in [2.45, 2.75) is 0 Å². The van der Waals surface area contributed by atoms with Gasteiger partial charge in [-0.05, 0) is 30.3 Å². The minimum absolute atomic E-state index is 0.0699. The van der Waals surface area contributed by atoms with Crippen LogP contribution in [0.4, 0.5) is 5.69 Å². The van der Waals surface area contributed by atoms with E-state index in [9.17, 15) is 10.1 Å². The fourth-order valence-corrected chi connectivity index (χ4v) is 2.71. The molecule has 0 saturated heterocycles. The first-order chi connectivity index (χ1) is 12.6. The number of para-hydroxylation sites is 1. The predicted molar refractivity (Wildman–Crippen MR) is 97.7 cm³/mol. The molecule has 1 amide bonds. The summed E-state index contributed by atoms with van der Waals surface area (Å²) in [6.45, 7) is 0.875. The summed E-state index contributed by atoms with van der Waals surface area (Å²) >= 11 is 6.05. The highest BCUT2D eigenvalue weighted by molar-refractivity contribution is 6.32. The van der Waals surface area contributed by atoms with Gasteiger partial charge in [-0.1, -0.05) is 23.7 Å². The fraction of sp³-hybridized carbons (Fsp3) is 0.158. The Balaban J connectivity index is 1.85. The lowest BCUT2D eigenvalue weighted by Crippen LogP contribution is -2.16. The largest absolute Gasteiger partial charge is 0.495 e. The molecule has 6 nitrogen and oxygen atoms in total. The Labute approximate surface area is 155 Å². The maximum atomic E-state index is 12.4. The molecule has 3 rings (SSSR count). The quantitative estimate of drug-likeness (QED) is 0.656. The molecule has 1 aliphatic heterocycles. The van der Waals surface area contributed by atoms with Gasteiger partial charge >= 0.3 is 0 Å². The molecule has 0 saturated carbocycles. The van der Waals surface area contributed by atoms with E-state index in [1.165, 1.54) is 13.2 Å². The van der Waals surface area contributed by atoms with E-state index >= 15 is 0 Å². The molecule has 0 bridgehead atoms. The van der Waals surface area contributed by atoms with Gasteiger partial charge in [-0.25, -0.2) is 0 Å². The lowest BCUT2D eigenvalue weighted by atomic mass is 10.1. The molecule has 0 aliphatic carbocycles. The zero-order valence-electron chi connectivity index (χ0n) is 13.9. The van der Waals surface area contributed by atoms with Crippen LogP contribution in [0.5, 0.6) is 17.2 Å². The first-order valence-corrected chi connectivity index (χ1v) is 8.15. The van der Waals surface area contributed by atoms with Crippen molar-refractivity contribution in [1.29, 1.82) is 5.26 Å². The van der Waals surface area contributed by atoms with Gasteiger partial charge in [0.25, 0.3) is 5.91 Å². The lowest BCUT2D eigenvalue weighted by Gasteiger charge is -2.19. The summed E-state index contributed by atoms with van der Waals surface area (Å²) in [6, 6.07) is 12.0. The summed E-state index contributed by atoms with van der Waals surface area (Å²) in [5, 5.41) is 12.4. The van der Waals surface area contributed by atoms with E-state index in [0.29, 0.717) is 46.7 Å². The SMILES string of the molecule is COc1ccc(NC(=O)/C(C#N)=C\c2cccc3c2OCCO3)cc1Cl. The Bertz CT molecular complexity index is 918. The normalized spacial score (nSPS) is 12.9. The van der Waals surface area contributed by atoms with Crippen LogP contribution in [-0.4, -0.2) is 26.2 Å². The molecule has 0 atom stereocenters. The third-order valence-electron chi connectivity index (χ3n) is 3.67. The minimum atomic E-state index is -0.553. The minimum Gasteiger partial charge on any atom is -0.495 e. The fourth-order valence-electron chi connectivity index (χ4n) is 2.46. The van der Waals surface area contributed by atoms with Crippen LogP contribution in [0.2, 0.25) is 5.02 Å². The molecule has 2 aromatic carbocycles. The number of halogens is 1. The van der Waals surface area contributed by atoms with Crippen molar-refractivity contribution in [1.82, 2.24) is 0 Å². The van der Waals surface area contributed by atoms with Crippen LogP contribution in [-0.2, 0) is 4.79 Å². The number of hydrogen-bond donors (Lipinski definition) is 1. The van der Waals surface area contributed by atoms with Crippen molar-refractivity contribution in [3.8, 4) is 23.3 Å². The van der Waals surface area contributed by atoms with E-state index in [-0.39, 0.29) is 5.57 Å². The summed E-state index contributed by atoms with van der Waals surface area (Å²) in [7, 11) is 1.50.